The maximum atomic E-state index is 12.4. The van der Waals surface area contributed by atoms with E-state index in [0.29, 0.717) is 6.42 Å². The highest BCUT2D eigenvalue weighted by Crippen LogP contribution is 2.31. The number of fused-ring (bicyclic) bond motifs is 1. The summed E-state index contributed by atoms with van der Waals surface area (Å²) in [6.07, 6.45) is 5.90. The van der Waals surface area contributed by atoms with Crippen molar-refractivity contribution < 1.29 is 4.79 Å². The number of benzene rings is 1. The number of hydrogen-bond donors (Lipinski definition) is 0. The number of amides is 1. The first kappa shape index (κ1) is 16.5. The molecule has 1 aromatic rings. The molecule has 0 saturated heterocycles. The molecule has 0 bridgehead atoms. The minimum absolute atomic E-state index is 0.118. The standard InChI is InChI=1S/C18H26BrNO/c1-4-5-8-17(21)20-11-6-7-15-12-14(9-10-16(15)20)13-18(2,3)19/h9-10,12H,4-8,11,13H2,1-3H3. The number of hydrogen-bond acceptors (Lipinski definition) is 1. The first-order chi connectivity index (χ1) is 9.90. The Balaban J connectivity index is 2.18. The Morgan fingerprint density at radius 3 is 2.81 bits per heavy atom. The fourth-order valence-electron chi connectivity index (χ4n) is 2.97. The third kappa shape index (κ3) is 4.57. The molecule has 2 nitrogen and oxygen atoms in total. The molecular weight excluding hydrogens is 326 g/mol. The van der Waals surface area contributed by atoms with Crippen LogP contribution in [-0.2, 0) is 17.6 Å². The zero-order chi connectivity index (χ0) is 15.5. The number of nitrogens with zero attached hydrogens (tertiary/aromatic N) is 1. The molecule has 1 aromatic carbocycles. The van der Waals surface area contributed by atoms with Crippen molar-refractivity contribution in [3.8, 4) is 0 Å². The van der Waals surface area contributed by atoms with Gasteiger partial charge in [0, 0.05) is 23.0 Å². The molecule has 0 N–H and O–H groups in total. The van der Waals surface area contributed by atoms with Crippen LogP contribution < -0.4 is 4.90 Å². The molecule has 21 heavy (non-hydrogen) atoms. The van der Waals surface area contributed by atoms with Gasteiger partial charge in [-0.3, -0.25) is 4.79 Å². The van der Waals surface area contributed by atoms with Crippen molar-refractivity contribution in [1.82, 2.24) is 0 Å². The van der Waals surface area contributed by atoms with Crippen LogP contribution in [0.25, 0.3) is 0 Å². The molecule has 0 fully saturated rings. The van der Waals surface area contributed by atoms with Gasteiger partial charge < -0.3 is 4.90 Å². The van der Waals surface area contributed by atoms with Crippen LogP contribution in [0.2, 0.25) is 0 Å². The Kier molecular flexibility index (Phi) is 5.48. The van der Waals surface area contributed by atoms with Crippen molar-refractivity contribution in [2.24, 2.45) is 0 Å². The third-order valence-corrected chi connectivity index (χ3v) is 4.21. The van der Waals surface area contributed by atoms with E-state index in [0.717, 1.165) is 44.3 Å². The van der Waals surface area contributed by atoms with Gasteiger partial charge in [-0.1, -0.05) is 41.4 Å². The Labute approximate surface area is 137 Å². The van der Waals surface area contributed by atoms with E-state index in [4.69, 9.17) is 0 Å². The minimum atomic E-state index is 0.118. The summed E-state index contributed by atoms with van der Waals surface area (Å²) in [5.74, 6) is 0.284. The van der Waals surface area contributed by atoms with Crippen molar-refractivity contribution in [2.45, 2.75) is 63.6 Å². The SMILES string of the molecule is CCCCC(=O)N1CCCc2cc(CC(C)(C)Br)ccc21. The molecule has 116 valence electrons. The minimum Gasteiger partial charge on any atom is -0.312 e. The summed E-state index contributed by atoms with van der Waals surface area (Å²) < 4.78 is 0.118. The molecule has 1 aliphatic heterocycles. The van der Waals surface area contributed by atoms with Crippen LogP contribution in [0, 0.1) is 0 Å². The Morgan fingerprint density at radius 1 is 1.38 bits per heavy atom. The van der Waals surface area contributed by atoms with Gasteiger partial charge in [-0.05, 0) is 56.7 Å². The van der Waals surface area contributed by atoms with Gasteiger partial charge in [0.15, 0.2) is 0 Å². The van der Waals surface area contributed by atoms with E-state index in [1.165, 1.54) is 11.1 Å². The van der Waals surface area contributed by atoms with Crippen LogP contribution in [0.4, 0.5) is 5.69 Å². The summed E-state index contributed by atoms with van der Waals surface area (Å²) in [4.78, 5) is 14.3. The highest BCUT2D eigenvalue weighted by molar-refractivity contribution is 9.10. The molecule has 0 saturated carbocycles. The first-order valence-corrected chi connectivity index (χ1v) is 8.81. The molecule has 1 amide bonds. The highest BCUT2D eigenvalue weighted by atomic mass is 79.9. The van der Waals surface area contributed by atoms with Crippen LogP contribution in [0.3, 0.4) is 0 Å². The van der Waals surface area contributed by atoms with Crippen LogP contribution in [0.1, 0.15) is 57.6 Å². The summed E-state index contributed by atoms with van der Waals surface area (Å²) in [7, 11) is 0. The lowest BCUT2D eigenvalue weighted by Gasteiger charge is -2.30. The van der Waals surface area contributed by atoms with E-state index < -0.39 is 0 Å². The fraction of sp³-hybridized carbons (Fsp3) is 0.611. The molecule has 1 aliphatic rings. The zero-order valence-corrected chi connectivity index (χ0v) is 15.0. The molecule has 0 aliphatic carbocycles. The number of carbonyl (C=O) groups is 1. The Morgan fingerprint density at radius 2 is 2.14 bits per heavy atom. The smallest absolute Gasteiger partial charge is 0.226 e. The molecule has 0 spiro atoms. The van der Waals surface area contributed by atoms with Crippen molar-refractivity contribution in [3.63, 3.8) is 0 Å². The Hall–Kier alpha value is -0.830. The second kappa shape index (κ2) is 6.95. The number of alkyl halides is 1. The molecule has 0 radical (unpaired) electrons. The number of anilines is 1. The monoisotopic (exact) mass is 351 g/mol. The summed E-state index contributed by atoms with van der Waals surface area (Å²) in [5, 5.41) is 0. The van der Waals surface area contributed by atoms with Gasteiger partial charge in [-0.15, -0.1) is 0 Å². The van der Waals surface area contributed by atoms with E-state index in [2.05, 4.69) is 54.9 Å². The zero-order valence-electron chi connectivity index (χ0n) is 13.4. The van der Waals surface area contributed by atoms with Gasteiger partial charge in [0.05, 0.1) is 0 Å². The van der Waals surface area contributed by atoms with Crippen LogP contribution in [0.5, 0.6) is 0 Å². The lowest BCUT2D eigenvalue weighted by atomic mass is 9.95. The normalized spacial score (nSPS) is 15.0. The third-order valence-electron chi connectivity index (χ3n) is 3.93. The molecule has 0 atom stereocenters. The number of halogens is 1. The maximum Gasteiger partial charge on any atom is 0.226 e. The van der Waals surface area contributed by atoms with E-state index in [-0.39, 0.29) is 10.2 Å². The second-order valence-electron chi connectivity index (χ2n) is 6.61. The number of rotatable bonds is 5. The second-order valence-corrected chi connectivity index (χ2v) is 8.76. The molecule has 1 heterocycles. The number of carbonyl (C=O) groups excluding carboxylic acids is 1. The average molecular weight is 352 g/mol. The van der Waals surface area contributed by atoms with E-state index in [1.807, 2.05) is 4.90 Å². The quantitative estimate of drug-likeness (QED) is 0.692. The van der Waals surface area contributed by atoms with Gasteiger partial charge in [0.2, 0.25) is 5.91 Å². The predicted molar refractivity (Wildman–Crippen MR) is 93.4 cm³/mol. The molecular formula is C18H26BrNO. The molecule has 3 heteroatoms. The number of unbranched alkanes of at least 4 members (excludes halogenated alkanes) is 1. The van der Waals surface area contributed by atoms with Gasteiger partial charge >= 0.3 is 0 Å². The largest absolute Gasteiger partial charge is 0.312 e. The van der Waals surface area contributed by atoms with Gasteiger partial charge in [-0.2, -0.15) is 0 Å². The van der Waals surface area contributed by atoms with E-state index >= 15 is 0 Å². The van der Waals surface area contributed by atoms with E-state index in [1.54, 1.807) is 0 Å². The maximum absolute atomic E-state index is 12.4. The van der Waals surface area contributed by atoms with Crippen LogP contribution in [0.15, 0.2) is 18.2 Å². The predicted octanol–water partition coefficient (Wildman–Crippen LogP) is 4.87. The van der Waals surface area contributed by atoms with Gasteiger partial charge in [-0.25, -0.2) is 0 Å². The summed E-state index contributed by atoms with van der Waals surface area (Å²) >= 11 is 3.71. The molecule has 0 unspecified atom stereocenters. The molecule has 2 rings (SSSR count). The lowest BCUT2D eigenvalue weighted by molar-refractivity contribution is -0.118. The average Bonchev–Trinajstić information content (AvgIpc) is 2.42. The summed E-state index contributed by atoms with van der Waals surface area (Å²) in [6.45, 7) is 7.38. The fourth-order valence-corrected chi connectivity index (χ4v) is 3.29. The Bertz CT molecular complexity index is 504. The topological polar surface area (TPSA) is 20.3 Å². The van der Waals surface area contributed by atoms with E-state index in [9.17, 15) is 4.79 Å². The van der Waals surface area contributed by atoms with Crippen molar-refractivity contribution in [2.75, 3.05) is 11.4 Å². The first-order valence-electron chi connectivity index (χ1n) is 8.02. The number of aryl methyl sites for hydroxylation is 1. The van der Waals surface area contributed by atoms with Gasteiger partial charge in [0.1, 0.15) is 0 Å². The van der Waals surface area contributed by atoms with Crippen molar-refractivity contribution >= 4 is 27.5 Å². The summed E-state index contributed by atoms with van der Waals surface area (Å²) in [6, 6.07) is 6.61. The van der Waals surface area contributed by atoms with Gasteiger partial charge in [0.25, 0.3) is 0 Å². The van der Waals surface area contributed by atoms with Crippen molar-refractivity contribution in [3.05, 3.63) is 29.3 Å². The summed E-state index contributed by atoms with van der Waals surface area (Å²) in [5.41, 5.74) is 3.82. The van der Waals surface area contributed by atoms with Crippen molar-refractivity contribution in [1.29, 1.82) is 0 Å². The molecule has 0 aromatic heterocycles. The highest BCUT2D eigenvalue weighted by Gasteiger charge is 2.23. The van der Waals surface area contributed by atoms with Crippen LogP contribution >= 0.6 is 15.9 Å². The van der Waals surface area contributed by atoms with Crippen LogP contribution in [-0.4, -0.2) is 16.8 Å². The lowest BCUT2D eigenvalue weighted by Crippen LogP contribution is -2.35.